The molecule has 114 valence electrons. The van der Waals surface area contributed by atoms with Gasteiger partial charge in [0.25, 0.3) is 0 Å². The molecule has 0 heterocycles. The molecule has 0 saturated heterocycles. The molecule has 0 unspecified atom stereocenters. The summed E-state index contributed by atoms with van der Waals surface area (Å²) in [7, 11) is 1.20. The number of nitrogens with two attached hydrogens (primary N) is 1. The highest BCUT2D eigenvalue weighted by molar-refractivity contribution is 5.89. The van der Waals surface area contributed by atoms with Gasteiger partial charge in [-0.05, 0) is 19.3 Å². The van der Waals surface area contributed by atoms with Gasteiger partial charge in [-0.25, -0.2) is 4.79 Å². The minimum atomic E-state index is -1.22. The summed E-state index contributed by atoms with van der Waals surface area (Å²) in [5.74, 6) is -2.56. The number of methoxy groups -OCH3 is 1. The Labute approximate surface area is 116 Å². The fraction of sp³-hybridized carbons (Fsp3) is 0.750. The van der Waals surface area contributed by atoms with Gasteiger partial charge in [0.1, 0.15) is 0 Å². The maximum atomic E-state index is 11.7. The van der Waals surface area contributed by atoms with E-state index in [1.165, 1.54) is 7.11 Å². The number of hydrogen-bond acceptors (Lipinski definition) is 6. The van der Waals surface area contributed by atoms with E-state index in [4.69, 9.17) is 15.6 Å². The standard InChI is InChI=1S/C12H20N2O6/c1-19-12(18)9(6-20-7-3-2-4-7)14-11(17)8(13)5-10(15)16/h7-9H,2-6,13H2,1H3,(H,14,17)(H,15,16)/t8-,9-/m0/s1. The molecule has 1 rings (SSSR count). The number of carbonyl (C=O) groups is 3. The van der Waals surface area contributed by atoms with Crippen molar-refractivity contribution in [1.29, 1.82) is 0 Å². The molecule has 8 nitrogen and oxygen atoms in total. The van der Waals surface area contributed by atoms with Crippen LogP contribution in [0.2, 0.25) is 0 Å². The van der Waals surface area contributed by atoms with E-state index in [0.29, 0.717) is 0 Å². The Morgan fingerprint density at radius 2 is 2.05 bits per heavy atom. The molecule has 0 spiro atoms. The van der Waals surface area contributed by atoms with Gasteiger partial charge in [-0.2, -0.15) is 0 Å². The third kappa shape index (κ3) is 5.14. The van der Waals surface area contributed by atoms with Gasteiger partial charge < -0.3 is 25.6 Å². The quantitative estimate of drug-likeness (QED) is 0.489. The van der Waals surface area contributed by atoms with E-state index >= 15 is 0 Å². The topological polar surface area (TPSA) is 128 Å². The number of rotatable bonds is 8. The maximum absolute atomic E-state index is 11.7. The highest BCUT2D eigenvalue weighted by atomic mass is 16.5. The molecule has 0 radical (unpaired) electrons. The van der Waals surface area contributed by atoms with Crippen LogP contribution in [0.15, 0.2) is 0 Å². The monoisotopic (exact) mass is 288 g/mol. The molecule has 1 amide bonds. The second kappa shape index (κ2) is 7.81. The first-order chi connectivity index (χ1) is 9.43. The summed E-state index contributed by atoms with van der Waals surface area (Å²) in [6, 6.07) is -2.20. The molecule has 1 aliphatic rings. The van der Waals surface area contributed by atoms with E-state index in [9.17, 15) is 14.4 Å². The third-order valence-corrected chi connectivity index (χ3v) is 3.08. The van der Waals surface area contributed by atoms with Gasteiger partial charge in [-0.3, -0.25) is 9.59 Å². The van der Waals surface area contributed by atoms with Crippen LogP contribution >= 0.6 is 0 Å². The van der Waals surface area contributed by atoms with Crippen molar-refractivity contribution in [3.05, 3.63) is 0 Å². The average Bonchev–Trinajstić information content (AvgIpc) is 2.33. The van der Waals surface area contributed by atoms with Crippen LogP contribution in [-0.2, 0) is 23.9 Å². The van der Waals surface area contributed by atoms with Gasteiger partial charge in [0, 0.05) is 0 Å². The number of carbonyl (C=O) groups excluding carboxylic acids is 2. The Morgan fingerprint density at radius 1 is 1.40 bits per heavy atom. The van der Waals surface area contributed by atoms with Crippen molar-refractivity contribution < 1.29 is 29.0 Å². The summed E-state index contributed by atoms with van der Waals surface area (Å²) in [6.07, 6.45) is 2.54. The van der Waals surface area contributed by atoms with E-state index in [-0.39, 0.29) is 12.7 Å². The van der Waals surface area contributed by atoms with Gasteiger partial charge in [0.2, 0.25) is 5.91 Å². The number of esters is 1. The van der Waals surface area contributed by atoms with E-state index in [1.807, 2.05) is 0 Å². The number of carboxylic acids is 1. The van der Waals surface area contributed by atoms with E-state index in [2.05, 4.69) is 10.1 Å². The molecule has 8 heteroatoms. The molecular weight excluding hydrogens is 268 g/mol. The van der Waals surface area contributed by atoms with Crippen molar-refractivity contribution in [2.45, 2.75) is 43.9 Å². The lowest BCUT2D eigenvalue weighted by atomic mass is 9.96. The second-order valence-corrected chi connectivity index (χ2v) is 4.67. The molecule has 0 aromatic rings. The Kier molecular flexibility index (Phi) is 6.40. The molecule has 20 heavy (non-hydrogen) atoms. The second-order valence-electron chi connectivity index (χ2n) is 4.67. The minimum absolute atomic E-state index is 0.0110. The van der Waals surface area contributed by atoms with Crippen molar-refractivity contribution >= 4 is 17.8 Å². The lowest BCUT2D eigenvalue weighted by molar-refractivity contribution is -0.148. The molecule has 1 saturated carbocycles. The highest BCUT2D eigenvalue weighted by Gasteiger charge is 2.28. The van der Waals surface area contributed by atoms with Crippen LogP contribution in [0.25, 0.3) is 0 Å². The first kappa shape index (κ1) is 16.4. The lowest BCUT2D eigenvalue weighted by Crippen LogP contribution is -2.51. The normalized spacial score (nSPS) is 17.7. The Morgan fingerprint density at radius 3 is 2.50 bits per heavy atom. The number of nitrogens with one attached hydrogen (secondary N) is 1. The SMILES string of the molecule is COC(=O)[C@H](COC1CCC1)NC(=O)[C@@H](N)CC(=O)O. The van der Waals surface area contributed by atoms with Crippen molar-refractivity contribution in [2.24, 2.45) is 5.73 Å². The molecule has 0 aromatic heterocycles. The number of hydrogen-bond donors (Lipinski definition) is 3. The van der Waals surface area contributed by atoms with E-state index in [1.54, 1.807) is 0 Å². The Bertz CT molecular complexity index is 369. The number of ether oxygens (including phenoxy) is 2. The summed E-state index contributed by atoms with van der Waals surface area (Å²) >= 11 is 0. The summed E-state index contributed by atoms with van der Waals surface area (Å²) < 4.78 is 10.0. The average molecular weight is 288 g/mol. The predicted octanol–water partition coefficient (Wildman–Crippen LogP) is -0.985. The number of carboxylic acid groups (broad SMARTS) is 1. The fourth-order valence-corrected chi connectivity index (χ4v) is 1.64. The van der Waals surface area contributed by atoms with Gasteiger partial charge in [-0.15, -0.1) is 0 Å². The summed E-state index contributed by atoms with van der Waals surface area (Å²) in [4.78, 5) is 33.7. The lowest BCUT2D eigenvalue weighted by Gasteiger charge is -2.27. The largest absolute Gasteiger partial charge is 0.481 e. The van der Waals surface area contributed by atoms with Crippen LogP contribution in [-0.4, -0.2) is 54.9 Å². The molecule has 0 bridgehead atoms. The predicted molar refractivity (Wildman–Crippen MR) is 67.8 cm³/mol. The molecule has 1 fully saturated rings. The zero-order chi connectivity index (χ0) is 15.1. The van der Waals surface area contributed by atoms with Crippen molar-refractivity contribution in [1.82, 2.24) is 5.32 Å². The van der Waals surface area contributed by atoms with Crippen molar-refractivity contribution in [3.63, 3.8) is 0 Å². The number of aliphatic carboxylic acids is 1. The van der Waals surface area contributed by atoms with Gasteiger partial charge in [0.15, 0.2) is 6.04 Å². The van der Waals surface area contributed by atoms with Gasteiger partial charge in [0.05, 0.1) is 32.3 Å². The maximum Gasteiger partial charge on any atom is 0.330 e. The zero-order valence-electron chi connectivity index (χ0n) is 11.3. The molecule has 1 aliphatic carbocycles. The summed E-state index contributed by atoms with van der Waals surface area (Å²) in [5, 5.41) is 10.9. The van der Waals surface area contributed by atoms with Gasteiger partial charge in [-0.1, -0.05) is 0 Å². The first-order valence-electron chi connectivity index (χ1n) is 6.41. The van der Waals surface area contributed by atoms with Crippen LogP contribution in [0.5, 0.6) is 0 Å². The van der Waals surface area contributed by atoms with Crippen LogP contribution in [0.1, 0.15) is 25.7 Å². The van der Waals surface area contributed by atoms with Crippen LogP contribution in [0.3, 0.4) is 0 Å². The summed E-state index contributed by atoms with van der Waals surface area (Å²) in [6.45, 7) is -0.0110. The smallest absolute Gasteiger partial charge is 0.330 e. The Balaban J connectivity index is 2.47. The van der Waals surface area contributed by atoms with E-state index in [0.717, 1.165) is 19.3 Å². The molecular formula is C12H20N2O6. The highest BCUT2D eigenvalue weighted by Crippen LogP contribution is 2.21. The van der Waals surface area contributed by atoms with Crippen LogP contribution in [0.4, 0.5) is 0 Å². The van der Waals surface area contributed by atoms with Gasteiger partial charge >= 0.3 is 11.9 Å². The third-order valence-electron chi connectivity index (χ3n) is 3.08. The molecule has 0 aliphatic heterocycles. The summed E-state index contributed by atoms with van der Waals surface area (Å²) in [5.41, 5.74) is 5.42. The van der Waals surface area contributed by atoms with Crippen LogP contribution < -0.4 is 11.1 Å². The van der Waals surface area contributed by atoms with Crippen molar-refractivity contribution in [2.75, 3.05) is 13.7 Å². The number of amides is 1. The van der Waals surface area contributed by atoms with Crippen LogP contribution in [0, 0.1) is 0 Å². The Hall–Kier alpha value is -1.67. The minimum Gasteiger partial charge on any atom is -0.481 e. The first-order valence-corrected chi connectivity index (χ1v) is 6.41. The van der Waals surface area contributed by atoms with Crippen molar-refractivity contribution in [3.8, 4) is 0 Å². The molecule has 4 N–H and O–H groups in total. The van der Waals surface area contributed by atoms with E-state index < -0.39 is 36.4 Å². The zero-order valence-corrected chi connectivity index (χ0v) is 11.3. The molecule has 2 atom stereocenters. The fourth-order valence-electron chi connectivity index (χ4n) is 1.64. The molecule has 0 aromatic carbocycles.